The van der Waals surface area contributed by atoms with Crippen LogP contribution in [0.3, 0.4) is 0 Å². The molecule has 3 rings (SSSR count). The minimum atomic E-state index is 0.510. The Labute approximate surface area is 158 Å². The van der Waals surface area contributed by atoms with Gasteiger partial charge in [0.2, 0.25) is 0 Å². The van der Waals surface area contributed by atoms with Gasteiger partial charge in [0.25, 0.3) is 0 Å². The number of hydrogen-bond donors (Lipinski definition) is 2. The summed E-state index contributed by atoms with van der Waals surface area (Å²) >= 11 is 0. The molecule has 0 atom stereocenters. The highest BCUT2D eigenvalue weighted by molar-refractivity contribution is 5.80. The standard InChI is InChI=1S/C21H33N5/c1-18-7-5-10-20(17-18)26-15-13-25(14-16-26)12-6-11-23-21(22-2)24-19-8-3-4-9-19/h3-5,7,10,17,19H,6,8-9,11-16H2,1-2H3,(H2,22,23,24). The third-order valence-corrected chi connectivity index (χ3v) is 5.25. The third kappa shape index (κ3) is 5.49. The molecule has 2 N–H and O–H groups in total. The van der Waals surface area contributed by atoms with Gasteiger partial charge in [-0.05, 0) is 50.4 Å². The monoisotopic (exact) mass is 355 g/mol. The molecule has 1 aromatic rings. The molecule has 1 fully saturated rings. The molecule has 0 spiro atoms. The van der Waals surface area contributed by atoms with Gasteiger partial charge in [0.05, 0.1) is 0 Å². The Balaban J connectivity index is 1.31. The molecular formula is C21H33N5. The highest BCUT2D eigenvalue weighted by Crippen LogP contribution is 2.17. The second-order valence-electron chi connectivity index (χ2n) is 7.30. The fourth-order valence-electron chi connectivity index (χ4n) is 3.69. The van der Waals surface area contributed by atoms with Crippen molar-refractivity contribution in [2.24, 2.45) is 4.99 Å². The largest absolute Gasteiger partial charge is 0.369 e. The van der Waals surface area contributed by atoms with Crippen LogP contribution in [0.1, 0.15) is 24.8 Å². The fraction of sp³-hybridized carbons (Fsp3) is 0.571. The molecule has 0 radical (unpaired) electrons. The van der Waals surface area contributed by atoms with E-state index >= 15 is 0 Å². The molecule has 0 saturated carbocycles. The SMILES string of the molecule is CN=C(NCCCN1CCN(c2cccc(C)c2)CC1)NC1CC=CC1. The van der Waals surface area contributed by atoms with Gasteiger partial charge in [0.15, 0.2) is 5.96 Å². The van der Waals surface area contributed by atoms with Crippen LogP contribution in [-0.4, -0.2) is 63.2 Å². The van der Waals surface area contributed by atoms with Crippen LogP contribution >= 0.6 is 0 Å². The number of rotatable bonds is 6. The van der Waals surface area contributed by atoms with Gasteiger partial charge in [-0.3, -0.25) is 9.89 Å². The molecule has 1 saturated heterocycles. The van der Waals surface area contributed by atoms with Crippen LogP contribution in [0.2, 0.25) is 0 Å². The van der Waals surface area contributed by atoms with Crippen LogP contribution in [0.15, 0.2) is 41.4 Å². The molecule has 1 heterocycles. The summed E-state index contributed by atoms with van der Waals surface area (Å²) in [6.07, 6.45) is 7.83. The minimum absolute atomic E-state index is 0.510. The first-order valence-corrected chi connectivity index (χ1v) is 9.91. The van der Waals surface area contributed by atoms with Crippen LogP contribution < -0.4 is 15.5 Å². The molecule has 2 aliphatic rings. The maximum absolute atomic E-state index is 4.33. The number of aryl methyl sites for hydroxylation is 1. The molecule has 0 unspecified atom stereocenters. The van der Waals surface area contributed by atoms with Crippen molar-refractivity contribution in [1.82, 2.24) is 15.5 Å². The molecule has 5 nitrogen and oxygen atoms in total. The Morgan fingerprint density at radius 3 is 2.62 bits per heavy atom. The van der Waals surface area contributed by atoms with Crippen LogP contribution in [-0.2, 0) is 0 Å². The lowest BCUT2D eigenvalue weighted by Crippen LogP contribution is -2.47. The smallest absolute Gasteiger partial charge is 0.191 e. The van der Waals surface area contributed by atoms with Gasteiger partial charge >= 0.3 is 0 Å². The van der Waals surface area contributed by atoms with E-state index in [2.05, 4.69) is 68.8 Å². The number of benzene rings is 1. The summed E-state index contributed by atoms with van der Waals surface area (Å²) in [5.74, 6) is 0.933. The quantitative estimate of drug-likeness (QED) is 0.356. The van der Waals surface area contributed by atoms with Crippen molar-refractivity contribution < 1.29 is 0 Å². The van der Waals surface area contributed by atoms with Gasteiger partial charge in [0.1, 0.15) is 0 Å². The molecule has 0 bridgehead atoms. The first-order valence-electron chi connectivity index (χ1n) is 9.91. The second kappa shape index (κ2) is 9.62. The molecule has 0 amide bonds. The van der Waals surface area contributed by atoms with Gasteiger partial charge in [-0.15, -0.1) is 0 Å². The molecule has 26 heavy (non-hydrogen) atoms. The Kier molecular flexibility index (Phi) is 6.95. The van der Waals surface area contributed by atoms with Gasteiger partial charge in [-0.2, -0.15) is 0 Å². The normalized spacial score (nSPS) is 19.2. The van der Waals surface area contributed by atoms with E-state index in [-0.39, 0.29) is 0 Å². The van der Waals surface area contributed by atoms with Gasteiger partial charge in [-0.1, -0.05) is 24.3 Å². The summed E-state index contributed by atoms with van der Waals surface area (Å²) in [5, 5.41) is 6.94. The summed E-state index contributed by atoms with van der Waals surface area (Å²) in [6.45, 7) is 8.82. The predicted octanol–water partition coefficient (Wildman–Crippen LogP) is 2.39. The van der Waals surface area contributed by atoms with E-state index in [0.717, 1.165) is 64.5 Å². The van der Waals surface area contributed by atoms with E-state index < -0.39 is 0 Å². The van der Waals surface area contributed by atoms with E-state index in [9.17, 15) is 0 Å². The maximum Gasteiger partial charge on any atom is 0.191 e. The third-order valence-electron chi connectivity index (χ3n) is 5.25. The number of guanidine groups is 1. The summed E-state index contributed by atoms with van der Waals surface area (Å²) in [7, 11) is 1.85. The Bertz CT molecular complexity index is 609. The minimum Gasteiger partial charge on any atom is -0.369 e. The van der Waals surface area contributed by atoms with E-state index in [1.165, 1.54) is 11.3 Å². The molecule has 1 aliphatic carbocycles. The Morgan fingerprint density at radius 2 is 1.92 bits per heavy atom. The number of anilines is 1. The molecule has 5 heteroatoms. The highest BCUT2D eigenvalue weighted by Gasteiger charge is 2.17. The average molecular weight is 356 g/mol. The highest BCUT2D eigenvalue weighted by atomic mass is 15.3. The van der Waals surface area contributed by atoms with E-state index in [1.54, 1.807) is 0 Å². The molecule has 1 aliphatic heterocycles. The van der Waals surface area contributed by atoms with E-state index in [1.807, 2.05) is 7.05 Å². The summed E-state index contributed by atoms with van der Waals surface area (Å²) < 4.78 is 0. The number of aliphatic imine (C=N–C) groups is 1. The first-order chi connectivity index (χ1) is 12.7. The lowest BCUT2D eigenvalue weighted by Gasteiger charge is -2.36. The molecular weight excluding hydrogens is 322 g/mol. The second-order valence-corrected chi connectivity index (χ2v) is 7.30. The number of hydrogen-bond acceptors (Lipinski definition) is 3. The van der Waals surface area contributed by atoms with Crippen LogP contribution in [0.25, 0.3) is 0 Å². The Hall–Kier alpha value is -2.01. The van der Waals surface area contributed by atoms with Crippen molar-refractivity contribution in [2.45, 2.75) is 32.2 Å². The van der Waals surface area contributed by atoms with Gasteiger partial charge < -0.3 is 15.5 Å². The lowest BCUT2D eigenvalue weighted by molar-refractivity contribution is 0.255. The van der Waals surface area contributed by atoms with Gasteiger partial charge in [-0.25, -0.2) is 0 Å². The van der Waals surface area contributed by atoms with Crippen molar-refractivity contribution in [3.05, 3.63) is 42.0 Å². The van der Waals surface area contributed by atoms with Crippen molar-refractivity contribution >= 4 is 11.6 Å². The van der Waals surface area contributed by atoms with Gasteiger partial charge in [0, 0.05) is 51.5 Å². The zero-order valence-electron chi connectivity index (χ0n) is 16.2. The van der Waals surface area contributed by atoms with E-state index in [0.29, 0.717) is 6.04 Å². The number of nitrogens with zero attached hydrogens (tertiary/aromatic N) is 3. The first kappa shape index (κ1) is 18.8. The zero-order chi connectivity index (χ0) is 18.2. The van der Waals surface area contributed by atoms with Crippen LogP contribution in [0.4, 0.5) is 5.69 Å². The maximum atomic E-state index is 4.33. The summed E-state index contributed by atoms with van der Waals surface area (Å²) in [6, 6.07) is 9.35. The molecule has 142 valence electrons. The Morgan fingerprint density at radius 1 is 1.15 bits per heavy atom. The van der Waals surface area contributed by atoms with E-state index in [4.69, 9.17) is 0 Å². The average Bonchev–Trinajstić information content (AvgIpc) is 3.18. The molecule has 0 aromatic heterocycles. The zero-order valence-corrected chi connectivity index (χ0v) is 16.2. The van der Waals surface area contributed by atoms with Crippen molar-refractivity contribution in [1.29, 1.82) is 0 Å². The summed E-state index contributed by atoms with van der Waals surface area (Å²) in [4.78, 5) is 9.41. The lowest BCUT2D eigenvalue weighted by atomic mass is 10.2. The van der Waals surface area contributed by atoms with Crippen LogP contribution in [0, 0.1) is 6.92 Å². The topological polar surface area (TPSA) is 42.9 Å². The predicted molar refractivity (Wildman–Crippen MR) is 111 cm³/mol. The fourth-order valence-corrected chi connectivity index (χ4v) is 3.69. The van der Waals surface area contributed by atoms with Crippen molar-refractivity contribution in [3.8, 4) is 0 Å². The van der Waals surface area contributed by atoms with Crippen molar-refractivity contribution in [3.63, 3.8) is 0 Å². The number of piperazine rings is 1. The number of nitrogens with one attached hydrogen (secondary N) is 2. The van der Waals surface area contributed by atoms with Crippen molar-refractivity contribution in [2.75, 3.05) is 51.2 Å². The summed E-state index contributed by atoms with van der Waals surface area (Å²) in [5.41, 5.74) is 2.70. The molecule has 1 aromatic carbocycles. The van der Waals surface area contributed by atoms with Crippen LogP contribution in [0.5, 0.6) is 0 Å².